The van der Waals surface area contributed by atoms with Crippen molar-refractivity contribution in [3.8, 4) is 0 Å². The minimum Gasteiger partial charge on any atom is -0.477 e. The number of pyridine rings is 1. The third kappa shape index (κ3) is 3.43. The first kappa shape index (κ1) is 16.8. The lowest BCUT2D eigenvalue weighted by molar-refractivity contribution is -0.140. The molecule has 25 heavy (non-hydrogen) atoms. The molecule has 1 aromatic carbocycles. The molecule has 1 aliphatic heterocycles. The van der Waals surface area contributed by atoms with E-state index in [1.165, 1.54) is 0 Å². The van der Waals surface area contributed by atoms with Crippen LogP contribution in [-0.4, -0.2) is 39.4 Å². The molecule has 0 unspecified atom stereocenters. The molecule has 0 bridgehead atoms. The van der Waals surface area contributed by atoms with Gasteiger partial charge >= 0.3 is 11.9 Å². The Balaban J connectivity index is 2.22. The smallest absolute Gasteiger partial charge is 0.345 e. The van der Waals surface area contributed by atoms with Crippen molar-refractivity contribution < 1.29 is 19.8 Å². The van der Waals surface area contributed by atoms with Crippen LogP contribution >= 0.6 is 15.9 Å². The predicted molar refractivity (Wildman–Crippen MR) is 94.8 cm³/mol. The minimum atomic E-state index is -1.52. The fourth-order valence-electron chi connectivity index (χ4n) is 2.48. The standard InChI is InChI=1S/C17H12BrN3O4/c18-9-4-5-11-10(7-9)15(12-3-1-2-6-19-12)20-8-13(21-11)14(16(22)23)17(24)25/h1-7,21H,8H2,(H,22,23)(H,24,25). The monoisotopic (exact) mass is 401 g/mol. The first-order valence-electron chi connectivity index (χ1n) is 7.20. The van der Waals surface area contributed by atoms with Gasteiger partial charge in [-0.3, -0.25) is 9.98 Å². The summed E-state index contributed by atoms with van der Waals surface area (Å²) in [5, 5.41) is 21.3. The van der Waals surface area contributed by atoms with Crippen LogP contribution in [0.1, 0.15) is 11.3 Å². The van der Waals surface area contributed by atoms with Gasteiger partial charge in [0.15, 0.2) is 5.57 Å². The number of carboxylic acid groups (broad SMARTS) is 2. The Kier molecular flexibility index (Phi) is 4.62. The highest BCUT2D eigenvalue weighted by molar-refractivity contribution is 9.10. The molecule has 0 spiro atoms. The molecule has 7 nitrogen and oxygen atoms in total. The van der Waals surface area contributed by atoms with Crippen molar-refractivity contribution >= 4 is 39.3 Å². The number of nitrogens with one attached hydrogen (secondary N) is 1. The van der Waals surface area contributed by atoms with Gasteiger partial charge in [-0.05, 0) is 30.3 Å². The van der Waals surface area contributed by atoms with Crippen molar-refractivity contribution in [2.45, 2.75) is 0 Å². The molecule has 3 rings (SSSR count). The fraction of sp³-hybridized carbons (Fsp3) is 0.0588. The van der Waals surface area contributed by atoms with Crippen LogP contribution in [0.25, 0.3) is 0 Å². The lowest BCUT2D eigenvalue weighted by atomic mass is 10.0. The second-order valence-electron chi connectivity index (χ2n) is 5.16. The van der Waals surface area contributed by atoms with Gasteiger partial charge in [-0.15, -0.1) is 0 Å². The zero-order valence-corrected chi connectivity index (χ0v) is 14.3. The number of carboxylic acids is 2. The third-order valence-electron chi connectivity index (χ3n) is 3.55. The van der Waals surface area contributed by atoms with Crippen LogP contribution < -0.4 is 5.32 Å². The molecular weight excluding hydrogens is 390 g/mol. The summed E-state index contributed by atoms with van der Waals surface area (Å²) < 4.78 is 0.806. The van der Waals surface area contributed by atoms with Gasteiger partial charge in [-0.1, -0.05) is 22.0 Å². The van der Waals surface area contributed by atoms with Crippen LogP contribution in [-0.2, 0) is 9.59 Å². The van der Waals surface area contributed by atoms with Gasteiger partial charge in [0.2, 0.25) is 0 Å². The number of benzene rings is 1. The van der Waals surface area contributed by atoms with Gasteiger partial charge in [-0.25, -0.2) is 9.59 Å². The van der Waals surface area contributed by atoms with Gasteiger partial charge in [0.1, 0.15) is 0 Å². The number of benzodiazepines with no additional fused rings is 1. The molecular formula is C17H12BrN3O4. The molecule has 0 radical (unpaired) electrons. The highest BCUT2D eigenvalue weighted by Gasteiger charge is 2.25. The van der Waals surface area contributed by atoms with E-state index >= 15 is 0 Å². The SMILES string of the molecule is O=C(O)C(C(=O)O)=C1CN=C(c2ccccn2)c2cc(Br)ccc2N1. The Morgan fingerprint density at radius 1 is 1.12 bits per heavy atom. The minimum absolute atomic E-state index is 0.00880. The van der Waals surface area contributed by atoms with Crippen molar-refractivity contribution in [3.05, 3.63) is 69.6 Å². The number of hydrogen-bond donors (Lipinski definition) is 3. The van der Waals surface area contributed by atoms with Crippen molar-refractivity contribution in [1.82, 2.24) is 4.98 Å². The summed E-state index contributed by atoms with van der Waals surface area (Å²) in [5.41, 5.74) is 1.68. The van der Waals surface area contributed by atoms with Crippen LogP contribution in [0.4, 0.5) is 5.69 Å². The number of aliphatic carboxylic acids is 2. The zero-order chi connectivity index (χ0) is 18.0. The second-order valence-corrected chi connectivity index (χ2v) is 6.07. The first-order chi connectivity index (χ1) is 12.0. The molecule has 0 aliphatic carbocycles. The van der Waals surface area contributed by atoms with Crippen LogP contribution in [0.15, 0.2) is 63.3 Å². The summed E-state index contributed by atoms with van der Waals surface area (Å²) >= 11 is 3.40. The number of rotatable bonds is 3. The van der Waals surface area contributed by atoms with E-state index in [1.54, 1.807) is 30.5 Å². The second kappa shape index (κ2) is 6.86. The molecule has 2 aromatic rings. The van der Waals surface area contributed by atoms with Gasteiger partial charge in [0.25, 0.3) is 0 Å². The summed E-state index contributed by atoms with van der Waals surface area (Å²) in [5.74, 6) is -3.05. The molecule has 0 atom stereocenters. The molecule has 1 aromatic heterocycles. The summed E-state index contributed by atoms with van der Waals surface area (Å²) in [6.07, 6.45) is 1.63. The van der Waals surface area contributed by atoms with E-state index in [0.29, 0.717) is 22.7 Å². The number of hydrogen-bond acceptors (Lipinski definition) is 5. The Bertz CT molecular complexity index is 907. The Labute approximate surface area is 150 Å². The predicted octanol–water partition coefficient (Wildman–Crippen LogP) is 2.53. The summed E-state index contributed by atoms with van der Waals surface area (Å²) in [6.45, 7) is -0.119. The van der Waals surface area contributed by atoms with E-state index in [0.717, 1.165) is 4.47 Å². The van der Waals surface area contributed by atoms with Gasteiger partial charge in [0.05, 0.1) is 23.6 Å². The molecule has 1 aliphatic rings. The van der Waals surface area contributed by atoms with E-state index in [9.17, 15) is 19.8 Å². The van der Waals surface area contributed by atoms with Crippen LogP contribution in [0.2, 0.25) is 0 Å². The highest BCUT2D eigenvalue weighted by atomic mass is 79.9. The summed E-state index contributed by atoms with van der Waals surface area (Å²) in [7, 11) is 0. The first-order valence-corrected chi connectivity index (χ1v) is 7.99. The maximum atomic E-state index is 11.3. The molecule has 0 amide bonds. The number of aliphatic imine (C=N–C) groups is 1. The normalized spacial score (nSPS) is 13.2. The summed E-state index contributed by atoms with van der Waals surface area (Å²) in [4.78, 5) is 31.4. The van der Waals surface area contributed by atoms with Crippen molar-refractivity contribution in [1.29, 1.82) is 0 Å². The number of aromatic nitrogens is 1. The Hall–Kier alpha value is -3.00. The third-order valence-corrected chi connectivity index (χ3v) is 4.05. The largest absolute Gasteiger partial charge is 0.477 e. The van der Waals surface area contributed by atoms with Crippen molar-refractivity contribution in [3.63, 3.8) is 0 Å². The number of fused-ring (bicyclic) bond motifs is 1. The van der Waals surface area contributed by atoms with Crippen LogP contribution in [0.3, 0.4) is 0 Å². The van der Waals surface area contributed by atoms with E-state index in [2.05, 4.69) is 31.2 Å². The fourth-order valence-corrected chi connectivity index (χ4v) is 2.84. The number of anilines is 1. The molecule has 0 saturated heterocycles. The summed E-state index contributed by atoms with van der Waals surface area (Å²) in [6, 6.07) is 10.7. The maximum Gasteiger partial charge on any atom is 0.345 e. The van der Waals surface area contributed by atoms with E-state index in [1.807, 2.05) is 12.1 Å². The molecule has 2 heterocycles. The number of nitrogens with zero attached hydrogens (tertiary/aromatic N) is 2. The van der Waals surface area contributed by atoms with Crippen LogP contribution in [0.5, 0.6) is 0 Å². The van der Waals surface area contributed by atoms with Crippen molar-refractivity contribution in [2.75, 3.05) is 11.9 Å². The zero-order valence-electron chi connectivity index (χ0n) is 12.7. The van der Waals surface area contributed by atoms with E-state index < -0.39 is 17.5 Å². The highest BCUT2D eigenvalue weighted by Crippen LogP contribution is 2.28. The Morgan fingerprint density at radius 3 is 2.52 bits per heavy atom. The average Bonchev–Trinajstić information content (AvgIpc) is 2.74. The topological polar surface area (TPSA) is 112 Å². The Morgan fingerprint density at radius 2 is 1.88 bits per heavy atom. The van der Waals surface area contributed by atoms with Crippen LogP contribution in [0, 0.1) is 0 Å². The molecule has 0 saturated carbocycles. The lowest BCUT2D eigenvalue weighted by Crippen LogP contribution is -2.19. The molecule has 0 fully saturated rings. The van der Waals surface area contributed by atoms with Crippen molar-refractivity contribution in [2.24, 2.45) is 4.99 Å². The number of carbonyl (C=O) groups is 2. The quantitative estimate of drug-likeness (QED) is 0.413. The molecule has 126 valence electrons. The average molecular weight is 402 g/mol. The number of halogens is 1. The van der Waals surface area contributed by atoms with E-state index in [-0.39, 0.29) is 12.2 Å². The lowest BCUT2D eigenvalue weighted by Gasteiger charge is -2.12. The van der Waals surface area contributed by atoms with Gasteiger partial charge < -0.3 is 15.5 Å². The van der Waals surface area contributed by atoms with Gasteiger partial charge in [-0.2, -0.15) is 0 Å². The maximum absolute atomic E-state index is 11.3. The van der Waals surface area contributed by atoms with Gasteiger partial charge in [0, 0.05) is 21.9 Å². The molecule has 3 N–H and O–H groups in total. The van der Waals surface area contributed by atoms with E-state index in [4.69, 9.17) is 0 Å². The molecule has 8 heteroatoms.